The van der Waals surface area contributed by atoms with E-state index in [1.54, 1.807) is 17.0 Å². The lowest BCUT2D eigenvalue weighted by Crippen LogP contribution is -2.24. The van der Waals surface area contributed by atoms with Crippen molar-refractivity contribution >= 4 is 27.3 Å². The average molecular weight is 296 g/mol. The maximum Gasteiger partial charge on any atom is 0.232 e. The minimum absolute atomic E-state index is 0.110. The number of rotatable bonds is 5. The average Bonchev–Trinajstić information content (AvgIpc) is 2.75. The molecule has 0 unspecified atom stereocenters. The Hall–Kier alpha value is -1.56. The van der Waals surface area contributed by atoms with Gasteiger partial charge in [-0.25, -0.2) is 8.42 Å². The first-order chi connectivity index (χ1) is 9.43. The second kappa shape index (κ2) is 5.83. The Balaban J connectivity index is 2.20. The summed E-state index contributed by atoms with van der Waals surface area (Å²) in [4.78, 5) is 13.5. The van der Waals surface area contributed by atoms with E-state index in [9.17, 15) is 13.2 Å². The lowest BCUT2D eigenvalue weighted by Gasteiger charge is -2.19. The van der Waals surface area contributed by atoms with Gasteiger partial charge in [0.25, 0.3) is 0 Å². The molecule has 0 radical (unpaired) electrons. The molecule has 1 heterocycles. The topological polar surface area (TPSA) is 66.5 Å². The van der Waals surface area contributed by atoms with Gasteiger partial charge in [0, 0.05) is 24.3 Å². The van der Waals surface area contributed by atoms with Gasteiger partial charge >= 0.3 is 0 Å². The molecule has 5 nitrogen and oxygen atoms in total. The number of benzene rings is 1. The monoisotopic (exact) mass is 296 g/mol. The van der Waals surface area contributed by atoms with Crippen molar-refractivity contribution in [3.63, 3.8) is 0 Å². The van der Waals surface area contributed by atoms with Crippen molar-refractivity contribution in [1.82, 2.24) is 0 Å². The summed E-state index contributed by atoms with van der Waals surface area (Å²) in [7, 11) is -3.27. The number of amides is 1. The van der Waals surface area contributed by atoms with Gasteiger partial charge in [-0.3, -0.25) is 9.52 Å². The molecule has 0 aromatic heterocycles. The minimum Gasteiger partial charge on any atom is -0.312 e. The van der Waals surface area contributed by atoms with Crippen molar-refractivity contribution in [2.24, 2.45) is 0 Å². The lowest BCUT2D eigenvalue weighted by atomic mass is 10.1. The Kier molecular flexibility index (Phi) is 4.32. The third-order valence-corrected chi connectivity index (χ3v) is 4.80. The maximum atomic E-state index is 11.7. The van der Waals surface area contributed by atoms with E-state index < -0.39 is 10.0 Å². The van der Waals surface area contributed by atoms with Crippen LogP contribution < -0.4 is 9.62 Å². The third kappa shape index (κ3) is 3.30. The number of anilines is 2. The van der Waals surface area contributed by atoms with E-state index in [1.807, 2.05) is 19.9 Å². The summed E-state index contributed by atoms with van der Waals surface area (Å²) in [6, 6.07) is 5.29. The van der Waals surface area contributed by atoms with Gasteiger partial charge in [-0.1, -0.05) is 6.92 Å². The maximum absolute atomic E-state index is 11.7. The summed E-state index contributed by atoms with van der Waals surface area (Å²) in [5.74, 6) is 0.241. The van der Waals surface area contributed by atoms with Gasteiger partial charge in [-0.2, -0.15) is 0 Å². The molecule has 20 heavy (non-hydrogen) atoms. The molecule has 1 amide bonds. The molecule has 1 N–H and O–H groups in total. The largest absolute Gasteiger partial charge is 0.312 e. The Morgan fingerprint density at radius 1 is 1.35 bits per heavy atom. The summed E-state index contributed by atoms with van der Waals surface area (Å²) in [6.07, 6.45) is 2.04. The van der Waals surface area contributed by atoms with Crippen molar-refractivity contribution in [2.45, 2.75) is 33.1 Å². The highest BCUT2D eigenvalue weighted by atomic mass is 32.2. The molecule has 0 spiro atoms. The second-order valence-electron chi connectivity index (χ2n) is 5.07. The SMILES string of the molecule is CCCS(=O)(=O)Nc1ccc(N2CCCC2=O)c(C)c1. The molecule has 1 saturated heterocycles. The van der Waals surface area contributed by atoms with Crippen LogP contribution in [0.5, 0.6) is 0 Å². The molecular formula is C14H20N2O3S. The molecular weight excluding hydrogens is 276 g/mol. The van der Waals surface area contributed by atoms with Crippen LogP contribution in [0.4, 0.5) is 11.4 Å². The highest BCUT2D eigenvalue weighted by Crippen LogP contribution is 2.27. The molecule has 0 aliphatic carbocycles. The number of nitrogens with one attached hydrogen (secondary N) is 1. The zero-order valence-corrected chi connectivity index (χ0v) is 12.7. The third-order valence-electron chi connectivity index (χ3n) is 3.31. The van der Waals surface area contributed by atoms with Crippen LogP contribution in [-0.2, 0) is 14.8 Å². The van der Waals surface area contributed by atoms with E-state index in [1.165, 1.54) is 0 Å². The summed E-state index contributed by atoms with van der Waals surface area (Å²) in [5, 5.41) is 0. The van der Waals surface area contributed by atoms with Gasteiger partial charge in [-0.05, 0) is 43.5 Å². The number of carbonyl (C=O) groups excluding carboxylic acids is 1. The van der Waals surface area contributed by atoms with Crippen molar-refractivity contribution in [2.75, 3.05) is 21.9 Å². The fourth-order valence-electron chi connectivity index (χ4n) is 2.42. The van der Waals surface area contributed by atoms with Gasteiger partial charge in [0.05, 0.1) is 5.75 Å². The first kappa shape index (κ1) is 14.8. The van der Waals surface area contributed by atoms with E-state index in [0.29, 0.717) is 18.5 Å². The fourth-order valence-corrected chi connectivity index (χ4v) is 3.55. The molecule has 110 valence electrons. The number of hydrogen-bond donors (Lipinski definition) is 1. The van der Waals surface area contributed by atoms with Crippen LogP contribution in [0.3, 0.4) is 0 Å². The van der Waals surface area contributed by atoms with Crippen LogP contribution in [0, 0.1) is 6.92 Å². The van der Waals surface area contributed by atoms with Crippen molar-refractivity contribution in [3.05, 3.63) is 23.8 Å². The second-order valence-corrected chi connectivity index (χ2v) is 6.91. The summed E-state index contributed by atoms with van der Waals surface area (Å²) in [5.41, 5.74) is 2.31. The van der Waals surface area contributed by atoms with Gasteiger partial charge in [0.15, 0.2) is 0 Å². The molecule has 1 aliphatic rings. The number of hydrogen-bond acceptors (Lipinski definition) is 3. The number of carbonyl (C=O) groups is 1. The highest BCUT2D eigenvalue weighted by molar-refractivity contribution is 7.92. The molecule has 0 saturated carbocycles. The smallest absolute Gasteiger partial charge is 0.232 e. The van der Waals surface area contributed by atoms with Crippen molar-refractivity contribution in [3.8, 4) is 0 Å². The van der Waals surface area contributed by atoms with Crippen LogP contribution in [0.15, 0.2) is 18.2 Å². The Labute approximate surface area is 120 Å². The minimum atomic E-state index is -3.27. The molecule has 1 aliphatic heterocycles. The predicted octanol–water partition coefficient (Wildman–Crippen LogP) is 2.27. The zero-order chi connectivity index (χ0) is 14.8. The van der Waals surface area contributed by atoms with E-state index in [0.717, 1.165) is 24.2 Å². The van der Waals surface area contributed by atoms with E-state index in [2.05, 4.69) is 4.72 Å². The molecule has 2 rings (SSSR count). The number of aryl methyl sites for hydroxylation is 1. The fraction of sp³-hybridized carbons (Fsp3) is 0.500. The first-order valence-corrected chi connectivity index (χ1v) is 8.49. The van der Waals surface area contributed by atoms with Crippen LogP contribution in [0.25, 0.3) is 0 Å². The summed E-state index contributed by atoms with van der Waals surface area (Å²) in [6.45, 7) is 4.45. The number of nitrogens with zero attached hydrogens (tertiary/aromatic N) is 1. The van der Waals surface area contributed by atoms with Gasteiger partial charge in [0.1, 0.15) is 0 Å². The zero-order valence-electron chi connectivity index (χ0n) is 11.8. The van der Waals surface area contributed by atoms with E-state index >= 15 is 0 Å². The van der Waals surface area contributed by atoms with Gasteiger partial charge in [0.2, 0.25) is 15.9 Å². The molecule has 0 atom stereocenters. The Bertz CT molecular complexity index is 611. The molecule has 0 bridgehead atoms. The highest BCUT2D eigenvalue weighted by Gasteiger charge is 2.23. The Morgan fingerprint density at radius 2 is 2.10 bits per heavy atom. The predicted molar refractivity (Wildman–Crippen MR) is 80.5 cm³/mol. The van der Waals surface area contributed by atoms with Crippen molar-refractivity contribution in [1.29, 1.82) is 0 Å². The van der Waals surface area contributed by atoms with Gasteiger partial charge in [-0.15, -0.1) is 0 Å². The number of sulfonamides is 1. The quantitative estimate of drug-likeness (QED) is 0.906. The Morgan fingerprint density at radius 3 is 2.65 bits per heavy atom. The molecule has 1 aromatic carbocycles. The summed E-state index contributed by atoms with van der Waals surface area (Å²) >= 11 is 0. The van der Waals surface area contributed by atoms with Crippen LogP contribution in [-0.4, -0.2) is 26.6 Å². The van der Waals surface area contributed by atoms with Crippen LogP contribution >= 0.6 is 0 Å². The van der Waals surface area contributed by atoms with E-state index in [4.69, 9.17) is 0 Å². The lowest BCUT2D eigenvalue weighted by molar-refractivity contribution is -0.117. The van der Waals surface area contributed by atoms with Crippen molar-refractivity contribution < 1.29 is 13.2 Å². The molecule has 6 heteroatoms. The first-order valence-electron chi connectivity index (χ1n) is 6.84. The van der Waals surface area contributed by atoms with Crippen LogP contribution in [0.1, 0.15) is 31.7 Å². The van der Waals surface area contributed by atoms with Gasteiger partial charge < -0.3 is 4.90 Å². The van der Waals surface area contributed by atoms with Crippen LogP contribution in [0.2, 0.25) is 0 Å². The molecule has 1 fully saturated rings. The molecule has 1 aromatic rings. The normalized spacial score (nSPS) is 15.7. The standard InChI is InChI=1S/C14H20N2O3S/c1-3-9-20(18,19)15-12-6-7-13(11(2)10-12)16-8-4-5-14(16)17/h6-7,10,15H,3-5,8-9H2,1-2H3. The summed E-state index contributed by atoms with van der Waals surface area (Å²) < 4.78 is 26.0. The van der Waals surface area contributed by atoms with E-state index in [-0.39, 0.29) is 11.7 Å².